The second-order valence-electron chi connectivity index (χ2n) is 6.87. The summed E-state index contributed by atoms with van der Waals surface area (Å²) in [7, 11) is 0. The van der Waals surface area contributed by atoms with Crippen LogP contribution in [-0.2, 0) is 42.3 Å². The minimum absolute atomic E-state index is 0. The van der Waals surface area contributed by atoms with Gasteiger partial charge in [-0.2, -0.15) is 0 Å². The first kappa shape index (κ1) is 33.7. The van der Waals surface area contributed by atoms with Crippen LogP contribution in [0, 0.1) is 14.4 Å². The van der Waals surface area contributed by atoms with Gasteiger partial charge in [0, 0.05) is 55.1 Å². The van der Waals surface area contributed by atoms with E-state index >= 15 is 0 Å². The number of carbonyl (C=O) groups is 2. The molecule has 0 spiro atoms. The largest absolute Gasteiger partial charge is 0.358 e. The Kier molecular flexibility index (Phi) is 16.5. The van der Waals surface area contributed by atoms with Gasteiger partial charge in [-0.3, -0.25) is 14.5 Å². The number of aromatic nitrogens is 1. The van der Waals surface area contributed by atoms with E-state index in [4.69, 9.17) is 4.52 Å². The van der Waals surface area contributed by atoms with Crippen LogP contribution < -0.4 is 5.32 Å². The van der Waals surface area contributed by atoms with Crippen molar-refractivity contribution in [1.82, 2.24) is 15.4 Å². The van der Waals surface area contributed by atoms with Gasteiger partial charge in [0.1, 0.15) is 11.4 Å². The second kappa shape index (κ2) is 17.2. The van der Waals surface area contributed by atoms with Gasteiger partial charge in [0.05, 0.1) is 11.4 Å². The van der Waals surface area contributed by atoms with Crippen molar-refractivity contribution in [3.05, 3.63) is 72.6 Å². The number of hydrogen-bond acceptors (Lipinski definition) is 6. The summed E-state index contributed by atoms with van der Waals surface area (Å²) in [4.78, 5) is 27.7. The Morgan fingerprint density at radius 3 is 2.46 bits per heavy atom. The van der Waals surface area contributed by atoms with Crippen LogP contribution in [0.15, 0.2) is 63.2 Å². The molecule has 2 atom stereocenters. The Bertz CT molecular complexity index is 993. The Hall–Kier alpha value is -1.35. The third-order valence-corrected chi connectivity index (χ3v) is 7.12. The molecule has 35 heavy (non-hydrogen) atoms. The normalized spacial score (nSPS) is 18.0. The number of rotatable bonds is 6. The predicted molar refractivity (Wildman–Crippen MR) is 144 cm³/mol. The van der Waals surface area contributed by atoms with Gasteiger partial charge in [0.25, 0.3) is 5.91 Å². The van der Waals surface area contributed by atoms with Crippen molar-refractivity contribution in [3.8, 4) is 0 Å². The van der Waals surface area contributed by atoms with Gasteiger partial charge in [-0.05, 0) is 37.6 Å². The van der Waals surface area contributed by atoms with Gasteiger partial charge in [-0.15, -0.1) is 23.5 Å². The smallest absolute Gasteiger partial charge is 0.253 e. The van der Waals surface area contributed by atoms with E-state index in [-0.39, 0.29) is 57.3 Å². The molecule has 189 valence electrons. The van der Waals surface area contributed by atoms with E-state index < -0.39 is 6.04 Å². The summed E-state index contributed by atoms with van der Waals surface area (Å²) in [5, 5.41) is 6.72. The summed E-state index contributed by atoms with van der Waals surface area (Å²) in [6.07, 6.45) is 3.83. The molecule has 3 heterocycles. The van der Waals surface area contributed by atoms with Crippen molar-refractivity contribution < 1.29 is 46.8 Å². The standard InChI is InChI=1S/C21H21N3O3S2.2C2H6.CH3.Y/c1-13-10-16(27-23-13)9-8-15-11-29-21-19(20(26)24(21)14(15)2)22-18(25)12-28-17-6-4-3-5-7-17;2*1-2;;/h3-10,19,21H,11-12H2,1-2H3,(H,22,25);2*1-2H3;1H3;/q;;;-1;. The number of nitrogens with zero attached hydrogens (tertiary/aromatic N) is 2. The molecule has 0 bridgehead atoms. The van der Waals surface area contributed by atoms with Crippen LogP contribution in [0.2, 0.25) is 0 Å². The van der Waals surface area contributed by atoms with Crippen LogP contribution in [0.4, 0.5) is 0 Å². The van der Waals surface area contributed by atoms with E-state index in [9.17, 15) is 9.59 Å². The Balaban J connectivity index is 0.00000183. The molecule has 1 aromatic carbocycles. The number of nitrogens with one attached hydrogen (secondary N) is 1. The number of carbonyl (C=O) groups excluding carboxylic acids is 2. The molecule has 4 rings (SSSR count). The van der Waals surface area contributed by atoms with E-state index in [0.29, 0.717) is 11.5 Å². The number of fused-ring (bicyclic) bond motifs is 1. The number of thioether (sulfide) groups is 2. The minimum Gasteiger partial charge on any atom is -0.358 e. The average molecular weight is 592 g/mol. The Labute approximate surface area is 244 Å². The van der Waals surface area contributed by atoms with Gasteiger partial charge >= 0.3 is 0 Å². The molecule has 6 nitrogen and oxygen atoms in total. The molecule has 9 heteroatoms. The minimum atomic E-state index is -0.457. The van der Waals surface area contributed by atoms with E-state index in [1.807, 2.05) is 90.1 Å². The van der Waals surface area contributed by atoms with Gasteiger partial charge in [-0.1, -0.05) is 57.1 Å². The average Bonchev–Trinajstić information content (AvgIpc) is 3.28. The molecule has 0 saturated carbocycles. The SMILES string of the molecule is CC.CC.CC1=C(C=Cc2cc(C)no2)CSC2C(NC(=O)CSc3ccccc3)C(=O)N12.[CH3-].[Y]. The number of aryl methyl sites for hydroxylation is 1. The van der Waals surface area contributed by atoms with Crippen molar-refractivity contribution in [3.63, 3.8) is 0 Å². The zero-order chi connectivity index (χ0) is 24.4. The van der Waals surface area contributed by atoms with E-state index in [1.54, 1.807) is 16.7 Å². The Morgan fingerprint density at radius 2 is 1.86 bits per heavy atom. The van der Waals surface area contributed by atoms with Crippen LogP contribution in [0.1, 0.15) is 46.1 Å². The van der Waals surface area contributed by atoms with Crippen LogP contribution in [0.3, 0.4) is 0 Å². The van der Waals surface area contributed by atoms with Gasteiger partial charge in [-0.25, -0.2) is 0 Å². The first-order chi connectivity index (χ1) is 16.0. The molecule has 1 saturated heterocycles. The molecule has 1 radical (unpaired) electrons. The van der Waals surface area contributed by atoms with Crippen LogP contribution in [-0.4, -0.2) is 44.8 Å². The van der Waals surface area contributed by atoms with Crippen LogP contribution in [0.5, 0.6) is 0 Å². The van der Waals surface area contributed by atoms with Crippen molar-refractivity contribution >= 4 is 41.4 Å². The molecular formula is C26H36N3O3S2Y-. The maximum Gasteiger partial charge on any atom is 0.253 e. The molecule has 2 aliphatic heterocycles. The van der Waals surface area contributed by atoms with Crippen molar-refractivity contribution in [2.24, 2.45) is 0 Å². The molecule has 1 aromatic heterocycles. The maximum atomic E-state index is 12.6. The topological polar surface area (TPSA) is 75.4 Å². The monoisotopic (exact) mass is 591 g/mol. The van der Waals surface area contributed by atoms with E-state index in [1.165, 1.54) is 11.8 Å². The van der Waals surface area contributed by atoms with Gasteiger partial charge in [0.2, 0.25) is 5.91 Å². The summed E-state index contributed by atoms with van der Waals surface area (Å²) in [6.45, 7) is 11.8. The summed E-state index contributed by atoms with van der Waals surface area (Å²) in [5.41, 5.74) is 2.82. The van der Waals surface area contributed by atoms with E-state index in [0.717, 1.165) is 27.6 Å². The molecule has 1 N–H and O–H groups in total. The fourth-order valence-electron chi connectivity index (χ4n) is 3.25. The van der Waals surface area contributed by atoms with Gasteiger partial charge < -0.3 is 17.3 Å². The summed E-state index contributed by atoms with van der Waals surface area (Å²) < 4.78 is 5.19. The Morgan fingerprint density at radius 1 is 1.20 bits per heavy atom. The first-order valence-electron chi connectivity index (χ1n) is 11.3. The fraction of sp³-hybridized carbons (Fsp3) is 0.385. The molecule has 2 aromatic rings. The molecule has 1 fully saturated rings. The van der Waals surface area contributed by atoms with Crippen molar-refractivity contribution in [2.45, 2.75) is 57.9 Å². The van der Waals surface area contributed by atoms with Crippen LogP contribution >= 0.6 is 23.5 Å². The zero-order valence-corrected chi connectivity index (χ0v) is 26.2. The molecule has 0 aliphatic carbocycles. The number of β-lactam (4-membered cyclic amide) rings is 1. The summed E-state index contributed by atoms with van der Waals surface area (Å²) in [6, 6.07) is 11.2. The number of benzene rings is 1. The second-order valence-corrected chi connectivity index (χ2v) is 9.03. The third-order valence-electron chi connectivity index (χ3n) is 4.80. The zero-order valence-electron chi connectivity index (χ0n) is 21.7. The molecule has 2 amide bonds. The fourth-order valence-corrected chi connectivity index (χ4v) is 5.43. The molecular weight excluding hydrogens is 555 g/mol. The molecule has 2 aliphatic rings. The quantitative estimate of drug-likeness (QED) is 0.254. The van der Waals surface area contributed by atoms with Crippen molar-refractivity contribution in [1.29, 1.82) is 0 Å². The number of hydrogen-bond donors (Lipinski definition) is 1. The van der Waals surface area contributed by atoms with Crippen LogP contribution in [0.25, 0.3) is 6.08 Å². The third kappa shape index (κ3) is 8.92. The summed E-state index contributed by atoms with van der Waals surface area (Å²) >= 11 is 3.13. The maximum absolute atomic E-state index is 12.6. The predicted octanol–water partition coefficient (Wildman–Crippen LogP) is 5.96. The van der Waals surface area contributed by atoms with Crippen molar-refractivity contribution in [2.75, 3.05) is 11.5 Å². The number of allylic oxidation sites excluding steroid dienone is 2. The summed E-state index contributed by atoms with van der Waals surface area (Å²) in [5.74, 6) is 1.58. The molecule has 2 unspecified atom stereocenters. The van der Waals surface area contributed by atoms with E-state index in [2.05, 4.69) is 10.5 Å². The van der Waals surface area contributed by atoms with Gasteiger partial charge in [0.15, 0.2) is 5.76 Å². The number of amides is 2. The first-order valence-corrected chi connectivity index (χ1v) is 13.3.